The molecule has 0 spiro atoms. The number of nitrogens with zero attached hydrogens (tertiary/aromatic N) is 3. The maximum atomic E-state index is 14.1. The molecule has 0 saturated carbocycles. The van der Waals surface area contributed by atoms with Gasteiger partial charge in [-0.05, 0) is 49.9 Å². The molecule has 0 bridgehead atoms. The molecule has 3 heterocycles. The van der Waals surface area contributed by atoms with Gasteiger partial charge in [0.25, 0.3) is 5.56 Å². The molecule has 7 heteroatoms. The van der Waals surface area contributed by atoms with E-state index in [1.807, 2.05) is 19.2 Å². The van der Waals surface area contributed by atoms with Crippen molar-refractivity contribution in [1.29, 1.82) is 0 Å². The number of hydrogen-bond donors (Lipinski definition) is 1. The van der Waals surface area contributed by atoms with E-state index in [4.69, 9.17) is 4.42 Å². The lowest BCUT2D eigenvalue weighted by Crippen LogP contribution is -2.47. The number of likely N-dealkylation sites (N-methyl/N-ethyl adjacent to an activating group) is 1. The summed E-state index contributed by atoms with van der Waals surface area (Å²) in [7, 11) is 2.05. The van der Waals surface area contributed by atoms with E-state index in [0.717, 1.165) is 13.1 Å². The fraction of sp³-hybridized carbons (Fsp3) is 0.348. The molecule has 30 heavy (non-hydrogen) atoms. The van der Waals surface area contributed by atoms with Crippen LogP contribution >= 0.6 is 0 Å². The summed E-state index contributed by atoms with van der Waals surface area (Å²) in [6.07, 6.45) is 1.57. The summed E-state index contributed by atoms with van der Waals surface area (Å²) in [6.45, 7) is 5.13. The molecule has 2 aromatic heterocycles. The van der Waals surface area contributed by atoms with Gasteiger partial charge < -0.3 is 19.0 Å². The Bertz CT molecular complexity index is 1070. The van der Waals surface area contributed by atoms with Crippen LogP contribution in [0.4, 0.5) is 4.39 Å². The van der Waals surface area contributed by atoms with Gasteiger partial charge in [-0.3, -0.25) is 9.69 Å². The van der Waals surface area contributed by atoms with Crippen LogP contribution in [-0.2, 0) is 6.54 Å². The third-order valence-electron chi connectivity index (χ3n) is 5.76. The van der Waals surface area contributed by atoms with Crippen LogP contribution in [0.2, 0.25) is 0 Å². The minimum absolute atomic E-state index is 0.0682. The zero-order valence-corrected chi connectivity index (χ0v) is 17.2. The van der Waals surface area contributed by atoms with E-state index in [9.17, 15) is 14.3 Å². The number of aryl methyl sites for hydroxylation is 1. The molecule has 1 saturated heterocycles. The standard InChI is InChI=1S/C23H26FN3O3/c1-16-13-20(28)21(23(29)27(16)15-19-7-4-12-30-19)22(17-5-3-6-18(24)14-17)26-10-8-25(2)9-11-26/h3-7,12-14,22,28H,8-11,15H2,1-2H3. The average molecular weight is 411 g/mol. The minimum Gasteiger partial charge on any atom is -0.507 e. The van der Waals surface area contributed by atoms with Gasteiger partial charge in [0.1, 0.15) is 17.3 Å². The van der Waals surface area contributed by atoms with Crippen molar-refractivity contribution in [2.24, 2.45) is 0 Å². The maximum absolute atomic E-state index is 14.1. The van der Waals surface area contributed by atoms with Crippen LogP contribution in [0.15, 0.2) is 57.9 Å². The summed E-state index contributed by atoms with van der Waals surface area (Å²) in [5.74, 6) is 0.217. The van der Waals surface area contributed by atoms with Gasteiger partial charge in [0.05, 0.1) is 24.4 Å². The Balaban J connectivity index is 1.84. The van der Waals surface area contributed by atoms with Gasteiger partial charge in [-0.15, -0.1) is 0 Å². The summed E-state index contributed by atoms with van der Waals surface area (Å²) >= 11 is 0. The van der Waals surface area contributed by atoms with Crippen molar-refractivity contribution in [3.05, 3.63) is 87.5 Å². The minimum atomic E-state index is -0.537. The van der Waals surface area contributed by atoms with Crippen LogP contribution in [0.25, 0.3) is 0 Å². The summed E-state index contributed by atoms with van der Waals surface area (Å²) in [5, 5.41) is 10.8. The predicted molar refractivity (Wildman–Crippen MR) is 112 cm³/mol. The van der Waals surface area contributed by atoms with Crippen molar-refractivity contribution in [3.8, 4) is 5.75 Å². The molecule has 0 amide bonds. The molecule has 1 aliphatic heterocycles. The van der Waals surface area contributed by atoms with Crippen molar-refractivity contribution in [1.82, 2.24) is 14.4 Å². The van der Waals surface area contributed by atoms with Crippen LogP contribution in [-0.4, -0.2) is 52.7 Å². The lowest BCUT2D eigenvalue weighted by molar-refractivity contribution is 0.125. The van der Waals surface area contributed by atoms with Gasteiger partial charge in [-0.2, -0.15) is 0 Å². The fourth-order valence-corrected chi connectivity index (χ4v) is 4.10. The van der Waals surface area contributed by atoms with Gasteiger partial charge in [0.2, 0.25) is 0 Å². The predicted octanol–water partition coefficient (Wildman–Crippen LogP) is 2.98. The van der Waals surface area contributed by atoms with Crippen LogP contribution in [0, 0.1) is 12.7 Å². The molecule has 4 rings (SSSR count). The molecule has 0 aliphatic carbocycles. The normalized spacial score (nSPS) is 16.6. The average Bonchev–Trinajstić information content (AvgIpc) is 3.22. The molecule has 1 N–H and O–H groups in total. The van der Waals surface area contributed by atoms with Gasteiger partial charge in [-0.1, -0.05) is 12.1 Å². The number of benzene rings is 1. The highest BCUT2D eigenvalue weighted by molar-refractivity contribution is 5.41. The van der Waals surface area contributed by atoms with Crippen molar-refractivity contribution in [2.45, 2.75) is 19.5 Å². The maximum Gasteiger partial charge on any atom is 0.260 e. The van der Waals surface area contributed by atoms with E-state index in [-0.39, 0.29) is 29.2 Å². The molecule has 0 radical (unpaired) electrons. The van der Waals surface area contributed by atoms with Gasteiger partial charge >= 0.3 is 0 Å². The number of rotatable bonds is 5. The Morgan fingerprint density at radius 2 is 1.90 bits per heavy atom. The van der Waals surface area contributed by atoms with E-state index in [1.54, 1.807) is 36.0 Å². The highest BCUT2D eigenvalue weighted by Crippen LogP contribution is 2.33. The molecule has 3 aromatic rings. The van der Waals surface area contributed by atoms with Crippen LogP contribution in [0.1, 0.15) is 28.6 Å². The summed E-state index contributed by atoms with van der Waals surface area (Å²) in [4.78, 5) is 17.9. The lowest BCUT2D eigenvalue weighted by atomic mass is 9.96. The number of halogens is 1. The first-order chi connectivity index (χ1) is 14.4. The van der Waals surface area contributed by atoms with E-state index in [2.05, 4.69) is 9.80 Å². The first-order valence-electron chi connectivity index (χ1n) is 10.1. The Kier molecular flexibility index (Phi) is 5.74. The number of piperazine rings is 1. The van der Waals surface area contributed by atoms with E-state index in [0.29, 0.717) is 30.1 Å². The molecule has 158 valence electrons. The van der Waals surface area contributed by atoms with E-state index in [1.165, 1.54) is 12.1 Å². The second-order valence-corrected chi connectivity index (χ2v) is 7.85. The third kappa shape index (κ3) is 4.04. The van der Waals surface area contributed by atoms with Crippen LogP contribution < -0.4 is 5.56 Å². The number of pyridine rings is 1. The highest BCUT2D eigenvalue weighted by Gasteiger charge is 2.31. The van der Waals surface area contributed by atoms with Crippen molar-refractivity contribution < 1.29 is 13.9 Å². The fourth-order valence-electron chi connectivity index (χ4n) is 4.10. The van der Waals surface area contributed by atoms with Gasteiger partial charge in [0.15, 0.2) is 0 Å². The third-order valence-corrected chi connectivity index (χ3v) is 5.76. The summed E-state index contributed by atoms with van der Waals surface area (Å²) in [6, 6.07) is 10.9. The largest absolute Gasteiger partial charge is 0.507 e. The molecule has 1 aromatic carbocycles. The highest BCUT2D eigenvalue weighted by atomic mass is 19.1. The molecular formula is C23H26FN3O3. The van der Waals surface area contributed by atoms with E-state index < -0.39 is 6.04 Å². The number of aromatic hydroxyl groups is 1. The summed E-state index contributed by atoms with van der Waals surface area (Å²) in [5.41, 5.74) is 1.26. The lowest BCUT2D eigenvalue weighted by Gasteiger charge is -2.38. The van der Waals surface area contributed by atoms with Crippen molar-refractivity contribution in [2.75, 3.05) is 33.2 Å². The molecule has 1 atom stereocenters. The molecular weight excluding hydrogens is 385 g/mol. The first-order valence-corrected chi connectivity index (χ1v) is 10.1. The van der Waals surface area contributed by atoms with Gasteiger partial charge in [0, 0.05) is 31.9 Å². The second-order valence-electron chi connectivity index (χ2n) is 7.85. The smallest absolute Gasteiger partial charge is 0.260 e. The zero-order valence-electron chi connectivity index (χ0n) is 17.2. The Morgan fingerprint density at radius 1 is 1.13 bits per heavy atom. The monoisotopic (exact) mass is 411 g/mol. The topological polar surface area (TPSA) is 61.9 Å². The first kappa shape index (κ1) is 20.4. The van der Waals surface area contributed by atoms with Gasteiger partial charge in [-0.25, -0.2) is 4.39 Å². The van der Waals surface area contributed by atoms with Crippen LogP contribution in [0.3, 0.4) is 0 Å². The second kappa shape index (κ2) is 8.45. The molecule has 1 fully saturated rings. The molecule has 1 aliphatic rings. The Morgan fingerprint density at radius 3 is 2.57 bits per heavy atom. The SMILES string of the molecule is Cc1cc(O)c(C(c2cccc(F)c2)N2CCN(C)CC2)c(=O)n1Cc1ccco1. The Labute approximate surface area is 174 Å². The number of furan rings is 1. The quantitative estimate of drug-likeness (QED) is 0.700. The van der Waals surface area contributed by atoms with E-state index >= 15 is 0 Å². The number of aromatic nitrogens is 1. The number of hydrogen-bond acceptors (Lipinski definition) is 5. The van der Waals surface area contributed by atoms with Crippen molar-refractivity contribution >= 4 is 0 Å². The summed E-state index contributed by atoms with van der Waals surface area (Å²) < 4.78 is 21.1. The zero-order chi connectivity index (χ0) is 21.3. The van der Waals surface area contributed by atoms with Crippen molar-refractivity contribution in [3.63, 3.8) is 0 Å². The molecule has 1 unspecified atom stereocenters. The Hall–Kier alpha value is -2.90. The molecule has 6 nitrogen and oxygen atoms in total. The van der Waals surface area contributed by atoms with Crippen LogP contribution in [0.5, 0.6) is 5.75 Å².